The minimum atomic E-state index is -0.394. The lowest BCUT2D eigenvalue weighted by Gasteiger charge is -2.32. The summed E-state index contributed by atoms with van der Waals surface area (Å²) >= 11 is 0. The highest BCUT2D eigenvalue weighted by Gasteiger charge is 2.28. The summed E-state index contributed by atoms with van der Waals surface area (Å²) in [6, 6.07) is 5.14. The molecule has 86 valence electrons. The second-order valence-electron chi connectivity index (χ2n) is 4.18. The maximum Gasteiger partial charge on any atom is 0.276 e. The minimum Gasteiger partial charge on any atom is -0.490 e. The summed E-state index contributed by atoms with van der Waals surface area (Å²) in [5, 5.41) is 10.7. The van der Waals surface area contributed by atoms with E-state index in [9.17, 15) is 10.1 Å². The molecule has 0 saturated heterocycles. The van der Waals surface area contributed by atoms with E-state index in [2.05, 4.69) is 0 Å². The van der Waals surface area contributed by atoms with Gasteiger partial charge in [0, 0.05) is 11.6 Å². The molecule has 1 aliphatic rings. The van der Waals surface area contributed by atoms with Gasteiger partial charge < -0.3 is 10.5 Å². The molecular formula is C11H14N2O3. The number of benzene rings is 1. The van der Waals surface area contributed by atoms with Gasteiger partial charge in [0.05, 0.1) is 11.0 Å². The van der Waals surface area contributed by atoms with Crippen LogP contribution in [0.4, 0.5) is 5.69 Å². The molecule has 0 aliphatic heterocycles. The van der Waals surface area contributed by atoms with Gasteiger partial charge in [0.2, 0.25) is 0 Å². The van der Waals surface area contributed by atoms with Gasteiger partial charge in [-0.25, -0.2) is 0 Å². The van der Waals surface area contributed by atoms with Crippen molar-refractivity contribution >= 4 is 5.69 Å². The zero-order valence-corrected chi connectivity index (χ0v) is 9.05. The Balaban J connectivity index is 2.10. The third kappa shape index (κ3) is 2.14. The summed E-state index contributed by atoms with van der Waals surface area (Å²) in [4.78, 5) is 10.3. The van der Waals surface area contributed by atoms with Crippen LogP contribution >= 0.6 is 0 Å². The van der Waals surface area contributed by atoms with Crippen LogP contribution in [0.15, 0.2) is 18.2 Å². The third-order valence-corrected chi connectivity index (χ3v) is 2.81. The van der Waals surface area contributed by atoms with Gasteiger partial charge in [0.15, 0.2) is 0 Å². The largest absolute Gasteiger partial charge is 0.490 e. The van der Waals surface area contributed by atoms with Crippen molar-refractivity contribution in [2.45, 2.75) is 31.9 Å². The molecular weight excluding hydrogens is 208 g/mol. The fraction of sp³-hybridized carbons (Fsp3) is 0.455. The van der Waals surface area contributed by atoms with Crippen molar-refractivity contribution in [3.8, 4) is 5.75 Å². The van der Waals surface area contributed by atoms with E-state index in [-0.39, 0.29) is 17.8 Å². The first-order chi connectivity index (χ1) is 7.56. The van der Waals surface area contributed by atoms with Gasteiger partial charge in [-0.2, -0.15) is 0 Å². The molecule has 0 aromatic heterocycles. The zero-order valence-electron chi connectivity index (χ0n) is 9.05. The lowest BCUT2D eigenvalue weighted by Crippen LogP contribution is -2.43. The predicted molar refractivity (Wildman–Crippen MR) is 59.5 cm³/mol. The number of nitrogens with zero attached hydrogens (tertiary/aromatic N) is 1. The van der Waals surface area contributed by atoms with Crippen LogP contribution in [0.5, 0.6) is 5.75 Å². The van der Waals surface area contributed by atoms with E-state index in [4.69, 9.17) is 10.5 Å². The molecule has 5 heteroatoms. The Morgan fingerprint density at radius 3 is 2.75 bits per heavy atom. The Bertz CT molecular complexity index is 414. The molecule has 1 aliphatic carbocycles. The quantitative estimate of drug-likeness (QED) is 0.624. The van der Waals surface area contributed by atoms with E-state index in [1.54, 1.807) is 19.1 Å². The summed E-state index contributed by atoms with van der Waals surface area (Å²) in [6.45, 7) is 1.71. The minimum absolute atomic E-state index is 0.0983. The summed E-state index contributed by atoms with van der Waals surface area (Å²) in [6.07, 6.45) is 1.75. The molecule has 2 N–H and O–H groups in total. The number of hydrogen-bond acceptors (Lipinski definition) is 4. The number of ether oxygens (including phenoxy) is 1. The molecule has 5 nitrogen and oxygen atoms in total. The van der Waals surface area contributed by atoms with Gasteiger partial charge in [-0.15, -0.1) is 0 Å². The highest BCUT2D eigenvalue weighted by atomic mass is 16.6. The Kier molecular flexibility index (Phi) is 2.78. The van der Waals surface area contributed by atoms with Crippen molar-refractivity contribution in [2.24, 2.45) is 5.73 Å². The first kappa shape index (κ1) is 10.9. The maximum absolute atomic E-state index is 10.7. The Hall–Kier alpha value is -1.62. The smallest absolute Gasteiger partial charge is 0.276 e. The second-order valence-corrected chi connectivity index (χ2v) is 4.18. The van der Waals surface area contributed by atoms with Crippen LogP contribution in [-0.2, 0) is 0 Å². The molecule has 0 spiro atoms. The van der Waals surface area contributed by atoms with Crippen molar-refractivity contribution in [3.05, 3.63) is 33.9 Å². The average Bonchev–Trinajstić information content (AvgIpc) is 2.18. The molecule has 0 unspecified atom stereocenters. The van der Waals surface area contributed by atoms with Gasteiger partial charge in [-0.1, -0.05) is 0 Å². The Morgan fingerprint density at radius 2 is 2.19 bits per heavy atom. The molecule has 1 aromatic carbocycles. The van der Waals surface area contributed by atoms with Crippen molar-refractivity contribution in [2.75, 3.05) is 0 Å². The fourth-order valence-electron chi connectivity index (χ4n) is 1.75. The van der Waals surface area contributed by atoms with E-state index in [0.29, 0.717) is 11.3 Å². The molecule has 0 atom stereocenters. The van der Waals surface area contributed by atoms with E-state index in [1.807, 2.05) is 0 Å². The first-order valence-electron chi connectivity index (χ1n) is 5.23. The van der Waals surface area contributed by atoms with E-state index >= 15 is 0 Å². The second kappa shape index (κ2) is 4.09. The molecule has 16 heavy (non-hydrogen) atoms. The van der Waals surface area contributed by atoms with Crippen LogP contribution < -0.4 is 10.5 Å². The molecule has 1 saturated carbocycles. The summed E-state index contributed by atoms with van der Waals surface area (Å²) < 4.78 is 5.58. The monoisotopic (exact) mass is 222 g/mol. The van der Waals surface area contributed by atoms with Crippen LogP contribution in [0.3, 0.4) is 0 Å². The number of hydrogen-bond donors (Lipinski definition) is 1. The van der Waals surface area contributed by atoms with Crippen molar-refractivity contribution in [1.82, 2.24) is 0 Å². The zero-order chi connectivity index (χ0) is 11.7. The van der Waals surface area contributed by atoms with E-state index < -0.39 is 4.92 Å². The fourth-order valence-corrected chi connectivity index (χ4v) is 1.75. The number of aryl methyl sites for hydroxylation is 1. The number of nitro benzene ring substituents is 1. The van der Waals surface area contributed by atoms with Gasteiger partial charge in [-0.3, -0.25) is 10.1 Å². The summed E-state index contributed by atoms with van der Waals surface area (Å²) in [5.74, 6) is 0.550. The number of nitrogens with two attached hydrogens (primary N) is 1. The standard InChI is InChI=1S/C11H14N2O3/c1-7-2-3-9(6-11(7)13(14)15)16-10-4-8(12)5-10/h2-3,6,8,10H,4-5,12H2,1H3. The Labute approximate surface area is 93.4 Å². The van der Waals surface area contributed by atoms with Crippen molar-refractivity contribution in [3.63, 3.8) is 0 Å². The average molecular weight is 222 g/mol. The normalized spacial score (nSPS) is 23.6. The number of nitro groups is 1. The molecule has 1 aromatic rings. The van der Waals surface area contributed by atoms with E-state index in [0.717, 1.165) is 12.8 Å². The highest BCUT2D eigenvalue weighted by Crippen LogP contribution is 2.28. The SMILES string of the molecule is Cc1ccc(OC2CC(N)C2)cc1[N+](=O)[O-]. The van der Waals surface area contributed by atoms with Gasteiger partial charge in [-0.05, 0) is 31.9 Å². The predicted octanol–water partition coefficient (Wildman–Crippen LogP) is 1.77. The number of rotatable bonds is 3. The molecule has 2 rings (SSSR count). The van der Waals surface area contributed by atoms with Gasteiger partial charge in [0.1, 0.15) is 11.9 Å². The van der Waals surface area contributed by atoms with Crippen molar-refractivity contribution < 1.29 is 9.66 Å². The van der Waals surface area contributed by atoms with Crippen LogP contribution in [0.25, 0.3) is 0 Å². The summed E-state index contributed by atoms with van der Waals surface area (Å²) in [7, 11) is 0. The highest BCUT2D eigenvalue weighted by molar-refractivity contribution is 5.45. The lowest BCUT2D eigenvalue weighted by molar-refractivity contribution is -0.385. The molecule has 1 fully saturated rings. The first-order valence-corrected chi connectivity index (χ1v) is 5.23. The molecule has 0 heterocycles. The third-order valence-electron chi connectivity index (χ3n) is 2.81. The topological polar surface area (TPSA) is 78.4 Å². The van der Waals surface area contributed by atoms with E-state index in [1.165, 1.54) is 6.07 Å². The van der Waals surface area contributed by atoms with Gasteiger partial charge in [0.25, 0.3) is 5.69 Å². The van der Waals surface area contributed by atoms with Gasteiger partial charge >= 0.3 is 0 Å². The Morgan fingerprint density at radius 1 is 1.50 bits per heavy atom. The van der Waals surface area contributed by atoms with Crippen LogP contribution in [0.1, 0.15) is 18.4 Å². The van der Waals surface area contributed by atoms with Crippen LogP contribution in [0.2, 0.25) is 0 Å². The van der Waals surface area contributed by atoms with Crippen LogP contribution in [0, 0.1) is 17.0 Å². The lowest BCUT2D eigenvalue weighted by atomic mass is 9.90. The van der Waals surface area contributed by atoms with Crippen LogP contribution in [-0.4, -0.2) is 17.1 Å². The molecule has 0 bridgehead atoms. The molecule has 0 radical (unpaired) electrons. The molecule has 0 amide bonds. The maximum atomic E-state index is 10.7. The van der Waals surface area contributed by atoms with Crippen molar-refractivity contribution in [1.29, 1.82) is 0 Å². The summed E-state index contributed by atoms with van der Waals surface area (Å²) in [5.41, 5.74) is 6.38.